The predicted octanol–water partition coefficient (Wildman–Crippen LogP) is 5.89. The molecule has 1 unspecified atom stereocenters. The van der Waals surface area contributed by atoms with Gasteiger partial charge in [0.1, 0.15) is 6.23 Å². The topological polar surface area (TPSA) is 49.8 Å². The molecular formula is C26H35NO3. The smallest absolute Gasteiger partial charge is 0.303 e. The number of rotatable bonds is 11. The van der Waals surface area contributed by atoms with Crippen LogP contribution in [0.2, 0.25) is 0 Å². The van der Waals surface area contributed by atoms with Crippen LogP contribution in [0.25, 0.3) is 11.1 Å². The van der Waals surface area contributed by atoms with E-state index in [1.807, 2.05) is 0 Å². The van der Waals surface area contributed by atoms with Gasteiger partial charge in [-0.3, -0.25) is 9.69 Å². The van der Waals surface area contributed by atoms with E-state index in [2.05, 4.69) is 60.4 Å². The van der Waals surface area contributed by atoms with Crippen LogP contribution < -0.4 is 0 Å². The molecule has 0 saturated carbocycles. The van der Waals surface area contributed by atoms with Crippen LogP contribution in [0, 0.1) is 0 Å². The molecule has 4 nitrogen and oxygen atoms in total. The molecule has 2 aromatic carbocycles. The van der Waals surface area contributed by atoms with E-state index < -0.39 is 5.97 Å². The quantitative estimate of drug-likeness (QED) is 0.470. The van der Waals surface area contributed by atoms with E-state index >= 15 is 0 Å². The van der Waals surface area contributed by atoms with E-state index in [0.717, 1.165) is 45.2 Å². The molecule has 1 atom stereocenters. The molecule has 1 aliphatic rings. The highest BCUT2D eigenvalue weighted by Gasteiger charge is 2.22. The van der Waals surface area contributed by atoms with Crippen molar-refractivity contribution in [3.8, 4) is 11.1 Å². The first kappa shape index (κ1) is 22.5. The van der Waals surface area contributed by atoms with Crippen LogP contribution in [0.5, 0.6) is 0 Å². The lowest BCUT2D eigenvalue weighted by Gasteiger charge is -2.35. The van der Waals surface area contributed by atoms with Crippen molar-refractivity contribution in [1.29, 1.82) is 0 Å². The zero-order valence-corrected chi connectivity index (χ0v) is 18.2. The van der Waals surface area contributed by atoms with E-state index in [-0.39, 0.29) is 12.6 Å². The Balaban J connectivity index is 1.47. The van der Waals surface area contributed by atoms with Crippen molar-refractivity contribution < 1.29 is 14.6 Å². The average molecular weight is 410 g/mol. The lowest BCUT2D eigenvalue weighted by molar-refractivity contribution is -0.137. The van der Waals surface area contributed by atoms with E-state index in [0.29, 0.717) is 6.61 Å². The highest BCUT2D eigenvalue weighted by molar-refractivity contribution is 5.66. The molecule has 162 valence electrons. The molecule has 0 radical (unpaired) electrons. The second-order valence-electron chi connectivity index (χ2n) is 8.25. The zero-order chi connectivity index (χ0) is 21.2. The van der Waals surface area contributed by atoms with E-state index in [9.17, 15) is 4.79 Å². The van der Waals surface area contributed by atoms with Gasteiger partial charge in [0.05, 0.1) is 6.61 Å². The first-order valence-electron chi connectivity index (χ1n) is 11.4. The Kier molecular flexibility index (Phi) is 8.91. The van der Waals surface area contributed by atoms with Crippen molar-refractivity contribution in [1.82, 2.24) is 4.90 Å². The summed E-state index contributed by atoms with van der Waals surface area (Å²) in [5.74, 6) is -0.696. The van der Waals surface area contributed by atoms with Gasteiger partial charge in [-0.25, -0.2) is 0 Å². The fraction of sp³-hybridized carbons (Fsp3) is 0.500. The Bertz CT molecular complexity index is 770. The number of likely N-dealkylation sites (tertiary alicyclic amines) is 1. The van der Waals surface area contributed by atoms with Crippen LogP contribution in [-0.2, 0) is 22.6 Å². The highest BCUT2D eigenvalue weighted by atomic mass is 16.5. The van der Waals surface area contributed by atoms with Gasteiger partial charge in [0.2, 0.25) is 0 Å². The summed E-state index contributed by atoms with van der Waals surface area (Å²) in [5, 5.41) is 8.75. The maximum Gasteiger partial charge on any atom is 0.303 e. The Morgan fingerprint density at radius 2 is 1.63 bits per heavy atom. The fourth-order valence-electron chi connectivity index (χ4n) is 4.09. The number of carboxylic acid groups (broad SMARTS) is 1. The van der Waals surface area contributed by atoms with Gasteiger partial charge < -0.3 is 9.84 Å². The zero-order valence-electron chi connectivity index (χ0n) is 18.2. The van der Waals surface area contributed by atoms with Gasteiger partial charge in [0.25, 0.3) is 0 Å². The number of piperidine rings is 1. The summed E-state index contributed by atoms with van der Waals surface area (Å²) in [6.45, 7) is 4.89. The number of unbranched alkanes of at least 4 members (excludes halogenated alkanes) is 2. The van der Waals surface area contributed by atoms with Crippen molar-refractivity contribution in [2.45, 2.75) is 71.1 Å². The maximum absolute atomic E-state index is 10.6. The summed E-state index contributed by atoms with van der Waals surface area (Å²) in [5.41, 5.74) is 5.06. The Labute approximate surface area is 180 Å². The number of nitrogens with zero attached hydrogens (tertiary/aromatic N) is 1. The maximum atomic E-state index is 10.6. The Hall–Kier alpha value is -2.17. The van der Waals surface area contributed by atoms with Gasteiger partial charge in [-0.15, -0.1) is 0 Å². The third-order valence-electron chi connectivity index (χ3n) is 5.98. The number of hydrogen-bond acceptors (Lipinski definition) is 3. The van der Waals surface area contributed by atoms with Gasteiger partial charge in [0, 0.05) is 19.5 Å². The summed E-state index contributed by atoms with van der Waals surface area (Å²) in [6.07, 6.45) is 7.82. The molecule has 30 heavy (non-hydrogen) atoms. The third-order valence-corrected chi connectivity index (χ3v) is 5.98. The van der Waals surface area contributed by atoms with Crippen molar-refractivity contribution in [2.75, 3.05) is 13.1 Å². The molecular weight excluding hydrogens is 374 g/mol. The van der Waals surface area contributed by atoms with Gasteiger partial charge in [-0.1, -0.05) is 61.9 Å². The highest BCUT2D eigenvalue weighted by Crippen LogP contribution is 2.23. The minimum atomic E-state index is -0.696. The summed E-state index contributed by atoms with van der Waals surface area (Å²) < 4.78 is 6.28. The van der Waals surface area contributed by atoms with Gasteiger partial charge in [0.15, 0.2) is 0 Å². The summed E-state index contributed by atoms with van der Waals surface area (Å²) in [6, 6.07) is 17.5. The minimum Gasteiger partial charge on any atom is -0.481 e. The van der Waals surface area contributed by atoms with Crippen molar-refractivity contribution in [3.63, 3.8) is 0 Å². The second-order valence-corrected chi connectivity index (χ2v) is 8.25. The molecule has 4 heteroatoms. The van der Waals surface area contributed by atoms with E-state index in [1.165, 1.54) is 35.1 Å². The lowest BCUT2D eigenvalue weighted by atomic mass is 10.0. The van der Waals surface area contributed by atoms with Crippen LogP contribution >= 0.6 is 0 Å². The molecule has 3 rings (SSSR count). The van der Waals surface area contributed by atoms with Crippen LogP contribution in [-0.4, -0.2) is 35.3 Å². The van der Waals surface area contributed by atoms with Crippen LogP contribution in [0.15, 0.2) is 48.5 Å². The summed E-state index contributed by atoms with van der Waals surface area (Å²) in [7, 11) is 0. The normalized spacial score (nSPS) is 17.2. The van der Waals surface area contributed by atoms with E-state index in [1.54, 1.807) is 0 Å². The fourth-order valence-corrected chi connectivity index (χ4v) is 4.09. The standard InChI is InChI=1S/C26H35NO3/c1-2-21-10-14-23(15-11-21)24-16-12-22(13-17-24)20-30-25-8-5-7-19-27(25)18-6-3-4-9-26(28)29/h10-17,25H,2-9,18-20H2,1H3,(H,28,29). The SMILES string of the molecule is CCc1ccc(-c2ccc(COC3CCCCN3CCCCCC(=O)O)cc2)cc1. The number of carboxylic acids is 1. The number of aliphatic carboxylic acids is 1. The first-order valence-corrected chi connectivity index (χ1v) is 11.4. The number of carbonyl (C=O) groups is 1. The molecule has 0 aromatic heterocycles. The van der Waals surface area contributed by atoms with Crippen LogP contribution in [0.3, 0.4) is 0 Å². The van der Waals surface area contributed by atoms with Crippen molar-refractivity contribution in [3.05, 3.63) is 59.7 Å². The minimum absolute atomic E-state index is 0.180. The second kappa shape index (κ2) is 11.9. The van der Waals surface area contributed by atoms with Gasteiger partial charge in [-0.2, -0.15) is 0 Å². The largest absolute Gasteiger partial charge is 0.481 e. The molecule has 1 fully saturated rings. The molecule has 0 bridgehead atoms. The molecule has 1 heterocycles. The number of hydrogen-bond donors (Lipinski definition) is 1. The first-order chi connectivity index (χ1) is 14.7. The van der Waals surface area contributed by atoms with Crippen molar-refractivity contribution >= 4 is 5.97 Å². The van der Waals surface area contributed by atoms with Crippen LogP contribution in [0.4, 0.5) is 0 Å². The van der Waals surface area contributed by atoms with Gasteiger partial charge in [-0.05, 0) is 60.8 Å². The molecule has 2 aromatic rings. The third kappa shape index (κ3) is 6.96. The molecule has 1 aliphatic heterocycles. The predicted molar refractivity (Wildman–Crippen MR) is 121 cm³/mol. The molecule has 1 N–H and O–H groups in total. The summed E-state index contributed by atoms with van der Waals surface area (Å²) in [4.78, 5) is 13.1. The average Bonchev–Trinajstić information content (AvgIpc) is 2.78. The monoisotopic (exact) mass is 409 g/mol. The molecule has 0 aliphatic carbocycles. The molecule has 1 saturated heterocycles. The number of ether oxygens (including phenoxy) is 1. The lowest BCUT2D eigenvalue weighted by Crippen LogP contribution is -2.41. The van der Waals surface area contributed by atoms with E-state index in [4.69, 9.17) is 9.84 Å². The Morgan fingerprint density at radius 1 is 0.967 bits per heavy atom. The van der Waals surface area contributed by atoms with Crippen molar-refractivity contribution in [2.24, 2.45) is 0 Å². The van der Waals surface area contributed by atoms with Crippen LogP contribution in [0.1, 0.15) is 63.0 Å². The Morgan fingerprint density at radius 3 is 2.27 bits per heavy atom. The number of benzene rings is 2. The summed E-state index contributed by atoms with van der Waals surface area (Å²) >= 11 is 0. The number of aryl methyl sites for hydroxylation is 1. The molecule has 0 spiro atoms. The molecule has 0 amide bonds. The van der Waals surface area contributed by atoms with Gasteiger partial charge >= 0.3 is 5.97 Å².